The molecule has 0 saturated carbocycles. The molecule has 1 amide bonds. The van der Waals surface area contributed by atoms with Gasteiger partial charge < -0.3 is 9.88 Å². The van der Waals surface area contributed by atoms with Crippen molar-refractivity contribution < 1.29 is 22.9 Å². The van der Waals surface area contributed by atoms with Crippen LogP contribution in [-0.4, -0.2) is 26.6 Å². The molecule has 0 fully saturated rings. The van der Waals surface area contributed by atoms with Crippen LogP contribution in [0.3, 0.4) is 0 Å². The van der Waals surface area contributed by atoms with Crippen molar-refractivity contribution in [3.63, 3.8) is 0 Å². The number of nitro benzene ring substituents is 1. The minimum atomic E-state index is -5.00. The molecule has 11 heteroatoms. The number of alkyl halides is 3. The Morgan fingerprint density at radius 2 is 2.20 bits per heavy atom. The highest BCUT2D eigenvalue weighted by atomic mass is 79.9. The summed E-state index contributed by atoms with van der Waals surface area (Å²) in [5, 5.41) is 13.3. The first-order chi connectivity index (χ1) is 11.6. The lowest BCUT2D eigenvalue weighted by Gasteiger charge is -2.25. The summed E-state index contributed by atoms with van der Waals surface area (Å²) in [7, 11) is 0. The molecular weight excluding hydrogens is 409 g/mol. The molecule has 25 heavy (non-hydrogen) atoms. The van der Waals surface area contributed by atoms with Crippen molar-refractivity contribution in [2.24, 2.45) is 0 Å². The Hall–Kier alpha value is -2.17. The van der Waals surface area contributed by atoms with Gasteiger partial charge in [0.05, 0.1) is 16.5 Å². The Morgan fingerprint density at radius 1 is 1.52 bits per heavy atom. The maximum Gasteiger partial charge on any atom is 0.471 e. The van der Waals surface area contributed by atoms with E-state index in [2.05, 4.69) is 20.9 Å². The van der Waals surface area contributed by atoms with Crippen LogP contribution in [0.1, 0.15) is 30.3 Å². The zero-order chi connectivity index (χ0) is 18.5. The minimum Gasteiger partial charge on any atom is -0.338 e. The summed E-state index contributed by atoms with van der Waals surface area (Å²) in [6, 6.07) is 0.741. The fourth-order valence-corrected chi connectivity index (χ4v) is 3.44. The van der Waals surface area contributed by atoms with Crippen LogP contribution in [0.4, 0.5) is 18.9 Å². The van der Waals surface area contributed by atoms with E-state index in [1.807, 2.05) is 5.32 Å². The lowest BCUT2D eigenvalue weighted by molar-refractivity contribution is -0.384. The van der Waals surface area contributed by atoms with Gasteiger partial charge in [0.2, 0.25) is 0 Å². The number of carbonyl (C=O) groups is 1. The van der Waals surface area contributed by atoms with E-state index in [0.717, 1.165) is 0 Å². The minimum absolute atomic E-state index is 0.0885. The Morgan fingerprint density at radius 3 is 2.80 bits per heavy atom. The van der Waals surface area contributed by atoms with E-state index in [0.29, 0.717) is 24.0 Å². The topological polar surface area (TPSA) is 90.1 Å². The van der Waals surface area contributed by atoms with E-state index in [9.17, 15) is 28.1 Å². The van der Waals surface area contributed by atoms with Gasteiger partial charge in [0, 0.05) is 6.54 Å². The number of hydrogen-bond donors (Lipinski definition) is 1. The van der Waals surface area contributed by atoms with Crippen molar-refractivity contribution in [3.05, 3.63) is 32.0 Å². The molecule has 1 aliphatic heterocycles. The van der Waals surface area contributed by atoms with Crippen molar-refractivity contribution in [1.29, 1.82) is 0 Å². The normalized spacial score (nSPS) is 17.4. The second kappa shape index (κ2) is 5.97. The average molecular weight is 421 g/mol. The molecule has 1 aliphatic rings. The predicted octanol–water partition coefficient (Wildman–Crippen LogP) is 3.53. The van der Waals surface area contributed by atoms with E-state index < -0.39 is 23.0 Å². The number of nitrogens with one attached hydrogen (secondary N) is 1. The lowest BCUT2D eigenvalue weighted by atomic mass is 10.1. The van der Waals surface area contributed by atoms with Gasteiger partial charge in [-0.1, -0.05) is 0 Å². The molecule has 2 heterocycles. The molecule has 1 N–H and O–H groups in total. The van der Waals surface area contributed by atoms with E-state index in [1.165, 1.54) is 0 Å². The monoisotopic (exact) mass is 420 g/mol. The first kappa shape index (κ1) is 17.6. The number of hydrogen-bond acceptors (Lipinski definition) is 4. The summed E-state index contributed by atoms with van der Waals surface area (Å²) in [4.78, 5) is 26.3. The van der Waals surface area contributed by atoms with Gasteiger partial charge in [-0.25, -0.2) is 4.98 Å². The number of imidazole rings is 1. The van der Waals surface area contributed by atoms with E-state index in [4.69, 9.17) is 0 Å². The van der Waals surface area contributed by atoms with E-state index >= 15 is 0 Å². The largest absolute Gasteiger partial charge is 0.471 e. The van der Waals surface area contributed by atoms with Crippen LogP contribution < -0.4 is 5.32 Å². The third kappa shape index (κ3) is 2.96. The van der Waals surface area contributed by atoms with Gasteiger partial charge in [-0.2, -0.15) is 13.2 Å². The number of aryl methyl sites for hydroxylation is 2. The van der Waals surface area contributed by atoms with E-state index in [1.54, 1.807) is 17.6 Å². The molecule has 0 bridgehead atoms. The third-order valence-corrected chi connectivity index (χ3v) is 5.10. The maximum atomic E-state index is 12.5. The fraction of sp³-hybridized carbons (Fsp3) is 0.429. The first-order valence-electron chi connectivity index (χ1n) is 7.32. The van der Waals surface area contributed by atoms with Crippen LogP contribution in [0.25, 0.3) is 11.0 Å². The molecule has 7 nitrogen and oxygen atoms in total. The van der Waals surface area contributed by atoms with Gasteiger partial charge >= 0.3 is 17.8 Å². The number of aromatic nitrogens is 2. The third-order valence-electron chi connectivity index (χ3n) is 4.10. The first-order valence-corrected chi connectivity index (χ1v) is 8.12. The smallest absolute Gasteiger partial charge is 0.338 e. The number of nitrogens with zero attached hydrogens (tertiary/aromatic N) is 3. The van der Waals surface area contributed by atoms with Crippen LogP contribution in [0.15, 0.2) is 10.5 Å². The van der Waals surface area contributed by atoms with Crippen LogP contribution in [0.5, 0.6) is 0 Å². The Labute approximate surface area is 147 Å². The molecule has 1 atom stereocenters. The van der Waals surface area contributed by atoms with Crippen molar-refractivity contribution in [2.45, 2.75) is 38.5 Å². The Balaban J connectivity index is 2.15. The van der Waals surface area contributed by atoms with Gasteiger partial charge in [-0.05, 0) is 47.3 Å². The number of fused-ring (bicyclic) bond motifs is 3. The number of amides is 1. The van der Waals surface area contributed by atoms with Crippen LogP contribution in [0.2, 0.25) is 0 Å². The molecule has 0 radical (unpaired) electrons. The van der Waals surface area contributed by atoms with Crippen molar-refractivity contribution in [2.75, 3.05) is 0 Å². The SMILES string of the molecule is Cc1cc2c(nc3n2CCC[C@@H]3NC(=O)C(F)(F)F)c([N+](=O)[O-])c1Br. The molecule has 0 unspecified atom stereocenters. The highest BCUT2D eigenvalue weighted by Crippen LogP contribution is 2.39. The fourth-order valence-electron chi connectivity index (χ4n) is 2.99. The van der Waals surface area contributed by atoms with E-state index in [-0.39, 0.29) is 27.9 Å². The molecule has 134 valence electrons. The number of benzene rings is 1. The van der Waals surface area contributed by atoms with Crippen molar-refractivity contribution in [1.82, 2.24) is 14.9 Å². The standard InChI is InChI=1S/C14H12BrF3N4O3/c1-6-5-8-10(11(9(6)15)22(24)25)20-12-7(3-2-4-21(8)12)19-13(23)14(16,17)18/h5,7H,2-4H2,1H3,(H,19,23)/t7-/m0/s1. The molecule has 0 spiro atoms. The summed E-state index contributed by atoms with van der Waals surface area (Å²) >= 11 is 3.17. The zero-order valence-corrected chi connectivity index (χ0v) is 14.4. The zero-order valence-electron chi connectivity index (χ0n) is 12.9. The highest BCUT2D eigenvalue weighted by molar-refractivity contribution is 9.10. The van der Waals surface area contributed by atoms with Gasteiger partial charge in [0.1, 0.15) is 10.3 Å². The van der Waals surface area contributed by atoms with Crippen LogP contribution in [-0.2, 0) is 11.3 Å². The summed E-state index contributed by atoms with van der Waals surface area (Å²) in [5.41, 5.74) is 0.931. The maximum absolute atomic E-state index is 12.5. The summed E-state index contributed by atoms with van der Waals surface area (Å²) in [5.74, 6) is -1.86. The molecule has 0 aliphatic carbocycles. The Bertz CT molecular complexity index is 894. The average Bonchev–Trinajstić information content (AvgIpc) is 2.86. The van der Waals surface area contributed by atoms with Gasteiger partial charge in [-0.3, -0.25) is 14.9 Å². The molecule has 1 aromatic heterocycles. The molecule has 3 rings (SSSR count). The quantitative estimate of drug-likeness (QED) is 0.594. The van der Waals surface area contributed by atoms with Gasteiger partial charge in [0.15, 0.2) is 5.52 Å². The molecular formula is C14H12BrF3N4O3. The van der Waals surface area contributed by atoms with Gasteiger partial charge in [-0.15, -0.1) is 0 Å². The number of nitro groups is 1. The summed E-state index contributed by atoms with van der Waals surface area (Å²) in [6.07, 6.45) is -4.21. The second-order valence-corrected chi connectivity index (χ2v) is 6.56. The van der Waals surface area contributed by atoms with Crippen molar-refractivity contribution in [3.8, 4) is 0 Å². The summed E-state index contributed by atoms with van der Waals surface area (Å²) < 4.78 is 39.5. The number of halogens is 4. The number of carbonyl (C=O) groups excluding carboxylic acids is 1. The molecule has 1 aromatic carbocycles. The lowest BCUT2D eigenvalue weighted by Crippen LogP contribution is -2.41. The number of rotatable bonds is 2. The van der Waals surface area contributed by atoms with Gasteiger partial charge in [0.25, 0.3) is 0 Å². The molecule has 0 saturated heterocycles. The highest BCUT2D eigenvalue weighted by Gasteiger charge is 2.41. The Kier molecular flexibility index (Phi) is 4.21. The molecule has 2 aromatic rings. The second-order valence-electron chi connectivity index (χ2n) is 5.77. The van der Waals surface area contributed by atoms with Crippen LogP contribution >= 0.6 is 15.9 Å². The van der Waals surface area contributed by atoms with Crippen LogP contribution in [0, 0.1) is 17.0 Å². The van der Waals surface area contributed by atoms with Crippen molar-refractivity contribution >= 4 is 38.6 Å². The predicted molar refractivity (Wildman–Crippen MR) is 85.0 cm³/mol. The summed E-state index contributed by atoms with van der Waals surface area (Å²) in [6.45, 7) is 2.14.